The Bertz CT molecular complexity index is 236. The molecular formula is C11H20O3S. The molecule has 0 fully saturated rings. The number of carbonyl (C=O) groups excluding carboxylic acids is 1. The zero-order valence-electron chi connectivity index (χ0n) is 9.58. The fourth-order valence-corrected chi connectivity index (χ4v) is 1.66. The Morgan fingerprint density at radius 3 is 2.40 bits per heavy atom. The van der Waals surface area contributed by atoms with Gasteiger partial charge in [0.05, 0.1) is 6.61 Å². The minimum Gasteiger partial charge on any atom is -0.462 e. The van der Waals surface area contributed by atoms with Crippen LogP contribution >= 0.6 is 0 Å². The highest BCUT2D eigenvalue weighted by Gasteiger charge is 2.01. The van der Waals surface area contributed by atoms with E-state index in [1.165, 1.54) is 0 Å². The third-order valence-corrected chi connectivity index (χ3v) is 2.77. The van der Waals surface area contributed by atoms with Crippen molar-refractivity contribution in [3.05, 3.63) is 12.2 Å². The number of carbonyl (C=O) groups is 1. The Labute approximate surface area is 94.3 Å². The van der Waals surface area contributed by atoms with Crippen molar-refractivity contribution < 1.29 is 13.7 Å². The first-order valence-electron chi connectivity index (χ1n) is 5.16. The molecule has 0 aliphatic carbocycles. The van der Waals surface area contributed by atoms with Crippen LogP contribution in [0, 0.1) is 0 Å². The Morgan fingerprint density at radius 2 is 1.87 bits per heavy atom. The summed E-state index contributed by atoms with van der Waals surface area (Å²) in [4.78, 5) is 11.0. The van der Waals surface area contributed by atoms with Gasteiger partial charge in [-0.2, -0.15) is 0 Å². The lowest BCUT2D eigenvalue weighted by Crippen LogP contribution is -2.06. The molecule has 0 bridgehead atoms. The first-order chi connectivity index (χ1) is 7.04. The van der Waals surface area contributed by atoms with Crippen molar-refractivity contribution in [2.24, 2.45) is 0 Å². The average molecular weight is 232 g/mol. The zero-order chi connectivity index (χ0) is 11.7. The summed E-state index contributed by atoms with van der Waals surface area (Å²) in [6.45, 7) is 5.59. The molecule has 0 aromatic carbocycles. The topological polar surface area (TPSA) is 43.4 Å². The summed E-state index contributed by atoms with van der Waals surface area (Å²) < 4.78 is 15.7. The van der Waals surface area contributed by atoms with Crippen molar-refractivity contribution in [2.45, 2.75) is 32.6 Å². The highest BCUT2D eigenvalue weighted by molar-refractivity contribution is 7.84. The molecule has 0 aromatic heterocycles. The summed E-state index contributed by atoms with van der Waals surface area (Å²) in [5.74, 6) is 0.454. The highest BCUT2D eigenvalue weighted by atomic mass is 32.2. The van der Waals surface area contributed by atoms with Gasteiger partial charge in [0.2, 0.25) is 0 Å². The SMILES string of the molecule is C=C(C)C(=O)OCCCCCCS(C)=O. The predicted molar refractivity (Wildman–Crippen MR) is 63.2 cm³/mol. The predicted octanol–water partition coefficient (Wildman–Crippen LogP) is 2.04. The lowest BCUT2D eigenvalue weighted by Gasteiger charge is -2.03. The summed E-state index contributed by atoms with van der Waals surface area (Å²) in [6, 6.07) is 0. The number of rotatable bonds is 8. The van der Waals surface area contributed by atoms with E-state index in [0.29, 0.717) is 12.2 Å². The Kier molecular flexibility index (Phi) is 8.28. The van der Waals surface area contributed by atoms with Crippen LogP contribution in [0.3, 0.4) is 0 Å². The molecule has 0 aliphatic rings. The molecule has 15 heavy (non-hydrogen) atoms. The van der Waals surface area contributed by atoms with Gasteiger partial charge in [-0.3, -0.25) is 4.21 Å². The minimum atomic E-state index is -0.683. The number of hydrogen-bond acceptors (Lipinski definition) is 3. The summed E-state index contributed by atoms with van der Waals surface area (Å²) in [5.41, 5.74) is 0.441. The van der Waals surface area contributed by atoms with Crippen molar-refractivity contribution in [3.8, 4) is 0 Å². The van der Waals surface area contributed by atoms with Gasteiger partial charge in [0.25, 0.3) is 0 Å². The molecule has 0 saturated heterocycles. The summed E-state index contributed by atoms with van der Waals surface area (Å²) in [6.07, 6.45) is 5.63. The maximum absolute atomic E-state index is 11.0. The van der Waals surface area contributed by atoms with E-state index in [1.54, 1.807) is 13.2 Å². The zero-order valence-corrected chi connectivity index (χ0v) is 10.4. The van der Waals surface area contributed by atoms with Crippen molar-refractivity contribution in [3.63, 3.8) is 0 Å². The van der Waals surface area contributed by atoms with Gasteiger partial charge < -0.3 is 4.74 Å². The maximum atomic E-state index is 11.0. The normalized spacial score (nSPS) is 12.1. The monoisotopic (exact) mass is 232 g/mol. The molecule has 0 aliphatic heterocycles. The summed E-state index contributed by atoms with van der Waals surface area (Å²) >= 11 is 0. The molecule has 0 spiro atoms. The van der Waals surface area contributed by atoms with E-state index in [9.17, 15) is 9.00 Å². The van der Waals surface area contributed by atoms with Crippen LogP contribution in [-0.4, -0.2) is 28.8 Å². The largest absolute Gasteiger partial charge is 0.462 e. The van der Waals surface area contributed by atoms with Crippen LogP contribution < -0.4 is 0 Å². The first-order valence-corrected chi connectivity index (χ1v) is 6.89. The molecule has 1 atom stereocenters. The lowest BCUT2D eigenvalue weighted by atomic mass is 10.2. The second-order valence-electron chi connectivity index (χ2n) is 3.61. The van der Waals surface area contributed by atoms with Crippen molar-refractivity contribution in [1.82, 2.24) is 0 Å². The Hall–Kier alpha value is -0.640. The molecule has 0 amide bonds. The molecule has 1 unspecified atom stereocenters. The van der Waals surface area contributed by atoms with Gasteiger partial charge in [-0.1, -0.05) is 19.4 Å². The molecule has 88 valence electrons. The molecular weight excluding hydrogens is 212 g/mol. The van der Waals surface area contributed by atoms with Crippen LogP contribution in [0.4, 0.5) is 0 Å². The van der Waals surface area contributed by atoms with E-state index in [0.717, 1.165) is 31.4 Å². The minimum absolute atomic E-state index is 0.315. The Balaban J connectivity index is 3.22. The van der Waals surface area contributed by atoms with E-state index in [4.69, 9.17) is 4.74 Å². The van der Waals surface area contributed by atoms with Gasteiger partial charge in [0, 0.05) is 28.4 Å². The quantitative estimate of drug-likeness (QED) is 0.365. The summed E-state index contributed by atoms with van der Waals surface area (Å²) in [7, 11) is -0.683. The van der Waals surface area contributed by atoms with Gasteiger partial charge in [0.1, 0.15) is 0 Å². The second kappa shape index (κ2) is 8.65. The van der Waals surface area contributed by atoms with Gasteiger partial charge >= 0.3 is 5.97 Å². The highest BCUT2D eigenvalue weighted by Crippen LogP contribution is 2.02. The molecule has 0 rings (SSSR count). The van der Waals surface area contributed by atoms with E-state index in [2.05, 4.69) is 6.58 Å². The standard InChI is InChI=1S/C11H20O3S/c1-10(2)11(12)14-8-6-4-5-7-9-15(3)13/h1,4-9H2,2-3H3. The second-order valence-corrected chi connectivity index (χ2v) is 5.16. The molecule has 0 aromatic rings. The van der Waals surface area contributed by atoms with Crippen molar-refractivity contribution in [1.29, 1.82) is 0 Å². The molecule has 0 heterocycles. The number of unbranched alkanes of at least 4 members (excludes halogenated alkanes) is 3. The number of esters is 1. The van der Waals surface area contributed by atoms with Gasteiger partial charge in [-0.25, -0.2) is 4.79 Å². The van der Waals surface area contributed by atoms with E-state index in [-0.39, 0.29) is 5.97 Å². The van der Waals surface area contributed by atoms with Gasteiger partial charge in [-0.15, -0.1) is 0 Å². The molecule has 3 nitrogen and oxygen atoms in total. The van der Waals surface area contributed by atoms with Gasteiger partial charge in [-0.05, 0) is 19.8 Å². The summed E-state index contributed by atoms with van der Waals surface area (Å²) in [5, 5.41) is 0. The molecule has 0 radical (unpaired) electrons. The van der Waals surface area contributed by atoms with E-state index < -0.39 is 10.8 Å². The van der Waals surface area contributed by atoms with Crippen LogP contribution in [0.2, 0.25) is 0 Å². The third kappa shape index (κ3) is 9.66. The fourth-order valence-electron chi connectivity index (χ4n) is 1.05. The van der Waals surface area contributed by atoms with Crippen LogP contribution in [0.25, 0.3) is 0 Å². The molecule has 0 saturated carbocycles. The Morgan fingerprint density at radius 1 is 1.27 bits per heavy atom. The van der Waals surface area contributed by atoms with Crippen LogP contribution in [0.1, 0.15) is 32.6 Å². The van der Waals surface area contributed by atoms with E-state index >= 15 is 0 Å². The number of hydrogen-bond donors (Lipinski definition) is 0. The smallest absolute Gasteiger partial charge is 0.333 e. The average Bonchev–Trinajstić information content (AvgIpc) is 2.15. The van der Waals surface area contributed by atoms with E-state index in [1.807, 2.05) is 0 Å². The van der Waals surface area contributed by atoms with Crippen molar-refractivity contribution >= 4 is 16.8 Å². The van der Waals surface area contributed by atoms with Crippen molar-refractivity contribution in [2.75, 3.05) is 18.6 Å². The first kappa shape index (κ1) is 14.4. The van der Waals surface area contributed by atoms with Gasteiger partial charge in [0.15, 0.2) is 0 Å². The third-order valence-electron chi connectivity index (χ3n) is 1.91. The molecule has 4 heteroatoms. The number of ether oxygens (including phenoxy) is 1. The van der Waals surface area contributed by atoms with Crippen LogP contribution in [0.15, 0.2) is 12.2 Å². The van der Waals surface area contributed by atoms with Crippen LogP contribution in [0.5, 0.6) is 0 Å². The molecule has 0 N–H and O–H groups in total. The maximum Gasteiger partial charge on any atom is 0.333 e. The fraction of sp³-hybridized carbons (Fsp3) is 0.727. The van der Waals surface area contributed by atoms with Crippen LogP contribution in [-0.2, 0) is 20.3 Å². The lowest BCUT2D eigenvalue weighted by molar-refractivity contribution is -0.139.